The number of likely N-dealkylation sites (tertiary alicyclic amines) is 1. The van der Waals surface area contributed by atoms with Crippen molar-refractivity contribution < 1.29 is 14.7 Å². The molecule has 2 heterocycles. The van der Waals surface area contributed by atoms with E-state index < -0.39 is 11.5 Å². The first-order valence-electron chi connectivity index (χ1n) is 6.72. The Bertz CT molecular complexity index is 488. The minimum atomic E-state index is -1.10. The molecule has 0 aromatic carbocycles. The molecule has 2 atom stereocenters. The Hall–Kier alpha value is -2.05. The Labute approximate surface area is 117 Å². The van der Waals surface area contributed by atoms with Crippen LogP contribution in [0.1, 0.15) is 26.7 Å². The summed E-state index contributed by atoms with van der Waals surface area (Å²) in [6.07, 6.45) is 4.70. The van der Waals surface area contributed by atoms with E-state index in [4.69, 9.17) is 0 Å². The number of carbonyl (C=O) groups is 2. The van der Waals surface area contributed by atoms with Gasteiger partial charge in [0.05, 0.1) is 6.54 Å². The zero-order chi connectivity index (χ0) is 14.8. The van der Waals surface area contributed by atoms with Gasteiger partial charge in [-0.2, -0.15) is 5.10 Å². The van der Waals surface area contributed by atoms with Crippen molar-refractivity contribution >= 4 is 12.0 Å². The molecular weight excluding hydrogens is 260 g/mol. The first-order chi connectivity index (χ1) is 9.43. The van der Waals surface area contributed by atoms with E-state index >= 15 is 0 Å². The summed E-state index contributed by atoms with van der Waals surface area (Å²) < 4.78 is 1.73. The molecule has 2 rings (SSSR count). The van der Waals surface area contributed by atoms with Crippen LogP contribution in [0.3, 0.4) is 0 Å². The van der Waals surface area contributed by atoms with E-state index in [9.17, 15) is 14.7 Å². The summed E-state index contributed by atoms with van der Waals surface area (Å²) in [5, 5.41) is 16.2. The third-order valence-electron chi connectivity index (χ3n) is 3.74. The predicted molar refractivity (Wildman–Crippen MR) is 72.2 cm³/mol. The lowest BCUT2D eigenvalue weighted by molar-refractivity contribution is -0.147. The molecule has 1 saturated heterocycles. The van der Waals surface area contributed by atoms with Crippen molar-refractivity contribution in [2.24, 2.45) is 0 Å². The highest BCUT2D eigenvalue weighted by molar-refractivity contribution is 5.86. The van der Waals surface area contributed by atoms with Crippen LogP contribution in [0, 0.1) is 0 Å². The van der Waals surface area contributed by atoms with Crippen LogP contribution in [0.5, 0.6) is 0 Å². The van der Waals surface area contributed by atoms with Crippen molar-refractivity contribution in [3.63, 3.8) is 0 Å². The second kappa shape index (κ2) is 5.52. The molecule has 110 valence electrons. The predicted octanol–water partition coefficient (Wildman–Crippen LogP) is 0.920. The molecule has 0 bridgehead atoms. The summed E-state index contributed by atoms with van der Waals surface area (Å²) in [5.41, 5.74) is -1.10. The number of hydrogen-bond donors (Lipinski definition) is 2. The van der Waals surface area contributed by atoms with Crippen LogP contribution in [0.25, 0.3) is 0 Å². The van der Waals surface area contributed by atoms with Gasteiger partial charge < -0.3 is 15.3 Å². The summed E-state index contributed by atoms with van der Waals surface area (Å²) in [6.45, 7) is 4.49. The SMILES string of the molecule is CC(Cn1cccn1)NC(=O)N1CCCC1(C)C(=O)O. The smallest absolute Gasteiger partial charge is 0.329 e. The lowest BCUT2D eigenvalue weighted by Crippen LogP contribution is -2.55. The van der Waals surface area contributed by atoms with Crippen LogP contribution in [-0.4, -0.2) is 49.9 Å². The molecule has 1 aliphatic heterocycles. The molecule has 7 nitrogen and oxygen atoms in total. The van der Waals surface area contributed by atoms with Gasteiger partial charge in [0.15, 0.2) is 0 Å². The molecular formula is C13H20N4O3. The molecule has 2 unspecified atom stereocenters. The number of rotatable bonds is 4. The highest BCUT2D eigenvalue weighted by Crippen LogP contribution is 2.29. The fraction of sp³-hybridized carbons (Fsp3) is 0.615. The molecule has 0 aliphatic carbocycles. The molecule has 0 spiro atoms. The van der Waals surface area contributed by atoms with E-state index in [2.05, 4.69) is 10.4 Å². The van der Waals surface area contributed by atoms with Crippen LogP contribution >= 0.6 is 0 Å². The lowest BCUT2D eigenvalue weighted by Gasteiger charge is -2.32. The minimum absolute atomic E-state index is 0.124. The molecule has 2 N–H and O–H groups in total. The zero-order valence-electron chi connectivity index (χ0n) is 11.7. The first kappa shape index (κ1) is 14.4. The summed E-state index contributed by atoms with van der Waals surface area (Å²) >= 11 is 0. The Morgan fingerprint density at radius 3 is 2.90 bits per heavy atom. The van der Waals surface area contributed by atoms with E-state index in [1.807, 2.05) is 19.2 Å². The van der Waals surface area contributed by atoms with E-state index in [-0.39, 0.29) is 12.1 Å². The Balaban J connectivity index is 1.96. The van der Waals surface area contributed by atoms with Crippen molar-refractivity contribution in [3.8, 4) is 0 Å². The van der Waals surface area contributed by atoms with Crippen LogP contribution < -0.4 is 5.32 Å². The van der Waals surface area contributed by atoms with Gasteiger partial charge in [0.25, 0.3) is 0 Å². The summed E-state index contributed by atoms with van der Waals surface area (Å²) in [7, 11) is 0. The molecule has 1 aliphatic rings. The van der Waals surface area contributed by atoms with Gasteiger partial charge in [0.2, 0.25) is 0 Å². The molecule has 7 heteroatoms. The molecule has 0 radical (unpaired) electrons. The summed E-state index contributed by atoms with van der Waals surface area (Å²) in [5.74, 6) is -0.954. The van der Waals surface area contributed by atoms with Gasteiger partial charge in [0, 0.05) is 25.0 Å². The molecule has 20 heavy (non-hydrogen) atoms. The van der Waals surface area contributed by atoms with Gasteiger partial charge in [-0.3, -0.25) is 4.68 Å². The number of nitrogens with one attached hydrogen (secondary N) is 1. The number of urea groups is 1. The molecule has 1 fully saturated rings. The minimum Gasteiger partial charge on any atom is -0.480 e. The van der Waals surface area contributed by atoms with Crippen LogP contribution in [0.2, 0.25) is 0 Å². The van der Waals surface area contributed by atoms with Crippen molar-refractivity contribution in [2.45, 2.75) is 44.8 Å². The van der Waals surface area contributed by atoms with E-state index in [1.165, 1.54) is 4.90 Å². The van der Waals surface area contributed by atoms with Crippen LogP contribution in [0.15, 0.2) is 18.5 Å². The second-order valence-corrected chi connectivity index (χ2v) is 5.41. The Morgan fingerprint density at radius 1 is 1.55 bits per heavy atom. The largest absolute Gasteiger partial charge is 0.480 e. The quantitative estimate of drug-likeness (QED) is 0.858. The third kappa shape index (κ3) is 2.76. The van der Waals surface area contributed by atoms with Gasteiger partial charge in [-0.05, 0) is 32.8 Å². The van der Waals surface area contributed by atoms with E-state index in [1.54, 1.807) is 17.8 Å². The average molecular weight is 280 g/mol. The van der Waals surface area contributed by atoms with E-state index in [0.717, 1.165) is 0 Å². The monoisotopic (exact) mass is 280 g/mol. The second-order valence-electron chi connectivity index (χ2n) is 5.41. The molecule has 1 aromatic heterocycles. The Kier molecular flexibility index (Phi) is 3.96. The molecule has 0 saturated carbocycles. The number of aromatic nitrogens is 2. The molecule has 1 aromatic rings. The number of hydrogen-bond acceptors (Lipinski definition) is 3. The topological polar surface area (TPSA) is 87.5 Å². The van der Waals surface area contributed by atoms with Crippen molar-refractivity contribution in [2.75, 3.05) is 6.54 Å². The fourth-order valence-electron chi connectivity index (χ4n) is 2.53. The lowest BCUT2D eigenvalue weighted by atomic mass is 10.00. The normalized spacial score (nSPS) is 23.6. The third-order valence-corrected chi connectivity index (χ3v) is 3.74. The Morgan fingerprint density at radius 2 is 2.30 bits per heavy atom. The fourth-order valence-corrected chi connectivity index (χ4v) is 2.53. The van der Waals surface area contributed by atoms with Gasteiger partial charge in [0.1, 0.15) is 5.54 Å². The number of aliphatic carboxylic acids is 1. The van der Waals surface area contributed by atoms with Crippen molar-refractivity contribution in [1.82, 2.24) is 20.0 Å². The average Bonchev–Trinajstić information content (AvgIpc) is 2.98. The highest BCUT2D eigenvalue weighted by atomic mass is 16.4. The van der Waals surface area contributed by atoms with Gasteiger partial charge in [-0.25, -0.2) is 9.59 Å². The molecule has 2 amide bonds. The van der Waals surface area contributed by atoms with Crippen molar-refractivity contribution in [3.05, 3.63) is 18.5 Å². The first-order valence-corrected chi connectivity index (χ1v) is 6.72. The van der Waals surface area contributed by atoms with Gasteiger partial charge in [-0.15, -0.1) is 0 Å². The maximum absolute atomic E-state index is 12.2. The number of carboxylic acids is 1. The van der Waals surface area contributed by atoms with Crippen molar-refractivity contribution in [1.29, 1.82) is 0 Å². The summed E-state index contributed by atoms with van der Waals surface area (Å²) in [4.78, 5) is 25.0. The van der Waals surface area contributed by atoms with Crippen LogP contribution in [-0.2, 0) is 11.3 Å². The zero-order valence-corrected chi connectivity index (χ0v) is 11.7. The number of amides is 2. The summed E-state index contributed by atoms with van der Waals surface area (Å²) in [6, 6.07) is 1.37. The number of carbonyl (C=O) groups excluding carboxylic acids is 1. The highest BCUT2D eigenvalue weighted by Gasteiger charge is 2.46. The standard InChI is InChI=1S/C13H20N4O3/c1-10(9-16-7-4-6-14-16)15-12(20)17-8-3-5-13(17,2)11(18)19/h4,6-7,10H,3,5,8-9H2,1-2H3,(H,15,20)(H,18,19). The maximum atomic E-state index is 12.2. The number of carboxylic acid groups (broad SMARTS) is 1. The van der Waals surface area contributed by atoms with Gasteiger partial charge in [-0.1, -0.05) is 0 Å². The van der Waals surface area contributed by atoms with E-state index in [0.29, 0.717) is 25.9 Å². The maximum Gasteiger partial charge on any atom is 0.329 e. The van der Waals surface area contributed by atoms with Gasteiger partial charge >= 0.3 is 12.0 Å². The van der Waals surface area contributed by atoms with Crippen LogP contribution in [0.4, 0.5) is 4.79 Å². The number of nitrogens with zero attached hydrogens (tertiary/aromatic N) is 3.